The van der Waals surface area contributed by atoms with Crippen LogP contribution in [0, 0.1) is 6.92 Å². The number of rotatable bonds is 3. The number of aromatic amines is 1. The van der Waals surface area contributed by atoms with E-state index in [-0.39, 0.29) is 11.5 Å². The molecule has 2 heterocycles. The van der Waals surface area contributed by atoms with Crippen molar-refractivity contribution in [1.82, 2.24) is 9.78 Å². The first kappa shape index (κ1) is 19.2. The molecular weight excluding hydrogens is 411 g/mol. The number of halogens is 2. The third kappa shape index (κ3) is 3.52. The molecule has 1 amide bonds. The van der Waals surface area contributed by atoms with E-state index >= 15 is 0 Å². The van der Waals surface area contributed by atoms with Crippen molar-refractivity contribution >= 4 is 46.6 Å². The molecule has 0 spiro atoms. The highest BCUT2D eigenvalue weighted by molar-refractivity contribution is 6.33. The van der Waals surface area contributed by atoms with Crippen LogP contribution in [0.2, 0.25) is 10.0 Å². The summed E-state index contributed by atoms with van der Waals surface area (Å²) < 4.78 is 1.40. The summed E-state index contributed by atoms with van der Waals surface area (Å²) in [5.74, 6) is -0.320. The minimum Gasteiger partial charge on any atom is -0.295 e. The third-order valence-corrected chi connectivity index (χ3v) is 5.06. The van der Waals surface area contributed by atoms with E-state index in [9.17, 15) is 9.59 Å². The minimum absolute atomic E-state index is 0.279. The summed E-state index contributed by atoms with van der Waals surface area (Å²) in [5.41, 5.74) is 2.78. The Balaban J connectivity index is 1.75. The van der Waals surface area contributed by atoms with Gasteiger partial charge in [0.25, 0.3) is 11.5 Å². The van der Waals surface area contributed by atoms with E-state index in [4.69, 9.17) is 23.2 Å². The van der Waals surface area contributed by atoms with E-state index in [2.05, 4.69) is 10.2 Å². The molecule has 4 rings (SSSR count). The Morgan fingerprint density at radius 2 is 1.59 bits per heavy atom. The zero-order chi connectivity index (χ0) is 20.7. The molecule has 3 aromatic rings. The van der Waals surface area contributed by atoms with Crippen LogP contribution in [0.15, 0.2) is 64.0 Å². The average Bonchev–Trinajstić information content (AvgIpc) is 3.13. The molecule has 146 valence electrons. The topological polar surface area (TPSA) is 70.5 Å². The fourth-order valence-electron chi connectivity index (χ4n) is 3.14. The summed E-state index contributed by atoms with van der Waals surface area (Å²) in [6.07, 6.45) is 1.57. The molecular formula is C21H16Cl2N4O2. The number of hydrazone groups is 1. The molecule has 1 aromatic heterocycles. The Bertz CT molecular complexity index is 1250. The van der Waals surface area contributed by atoms with Gasteiger partial charge in [0.15, 0.2) is 0 Å². The zero-order valence-electron chi connectivity index (χ0n) is 15.6. The standard InChI is InChI=1S/C21H16Cl2N4O2/c1-12-18(20(28)26(24-12)16-7-3-5-14(22)9-16)11-19-13(2)25-27(21(19)29)17-8-4-6-15(23)10-17/h3-11,24H,1-2H3. The number of carbonyl (C=O) groups excluding carboxylic acids is 1. The van der Waals surface area contributed by atoms with Gasteiger partial charge in [0.05, 0.1) is 28.2 Å². The number of carbonyl (C=O) groups is 1. The van der Waals surface area contributed by atoms with Crippen LogP contribution < -0.4 is 10.6 Å². The maximum atomic E-state index is 13.0. The van der Waals surface area contributed by atoms with Crippen molar-refractivity contribution in [3.8, 4) is 5.69 Å². The molecule has 0 aliphatic carbocycles. The average molecular weight is 427 g/mol. The molecule has 0 unspecified atom stereocenters. The minimum atomic E-state index is -0.320. The van der Waals surface area contributed by atoms with E-state index in [0.717, 1.165) is 0 Å². The van der Waals surface area contributed by atoms with Crippen LogP contribution >= 0.6 is 23.2 Å². The van der Waals surface area contributed by atoms with Crippen LogP contribution in [0.5, 0.6) is 0 Å². The van der Waals surface area contributed by atoms with Crippen LogP contribution in [-0.2, 0) is 4.79 Å². The third-order valence-electron chi connectivity index (χ3n) is 4.59. The second-order valence-electron chi connectivity index (χ2n) is 6.61. The van der Waals surface area contributed by atoms with Gasteiger partial charge in [-0.3, -0.25) is 14.7 Å². The Kier molecular flexibility index (Phi) is 4.90. The fourth-order valence-corrected chi connectivity index (χ4v) is 3.51. The summed E-state index contributed by atoms with van der Waals surface area (Å²) in [6.45, 7) is 3.50. The van der Waals surface area contributed by atoms with Crippen molar-refractivity contribution in [3.05, 3.63) is 85.8 Å². The van der Waals surface area contributed by atoms with Gasteiger partial charge < -0.3 is 0 Å². The number of H-pyrrole nitrogens is 1. The molecule has 0 fully saturated rings. The lowest BCUT2D eigenvalue weighted by Crippen LogP contribution is -2.22. The van der Waals surface area contributed by atoms with Crippen LogP contribution in [0.25, 0.3) is 11.8 Å². The normalized spacial score (nSPS) is 15.3. The highest BCUT2D eigenvalue weighted by atomic mass is 35.5. The predicted molar refractivity (Wildman–Crippen MR) is 116 cm³/mol. The van der Waals surface area contributed by atoms with Crippen LogP contribution in [0.1, 0.15) is 18.2 Å². The van der Waals surface area contributed by atoms with Crippen molar-refractivity contribution in [2.24, 2.45) is 5.10 Å². The van der Waals surface area contributed by atoms with Gasteiger partial charge in [-0.25, -0.2) is 4.68 Å². The number of nitrogens with zero attached hydrogens (tertiary/aromatic N) is 3. The Labute approximate surface area is 176 Å². The second-order valence-corrected chi connectivity index (χ2v) is 7.48. The van der Waals surface area contributed by atoms with Crippen LogP contribution in [-0.4, -0.2) is 21.4 Å². The van der Waals surface area contributed by atoms with E-state index in [0.29, 0.717) is 44.0 Å². The second kappa shape index (κ2) is 7.39. The predicted octanol–water partition coefficient (Wildman–Crippen LogP) is 4.59. The molecule has 1 aliphatic heterocycles. The Morgan fingerprint density at radius 3 is 2.24 bits per heavy atom. The zero-order valence-corrected chi connectivity index (χ0v) is 17.1. The summed E-state index contributed by atoms with van der Waals surface area (Å²) in [6, 6.07) is 13.8. The Morgan fingerprint density at radius 1 is 0.966 bits per heavy atom. The maximum absolute atomic E-state index is 13.0. The highest BCUT2D eigenvalue weighted by Gasteiger charge is 2.29. The number of nitrogens with one attached hydrogen (secondary N) is 1. The lowest BCUT2D eigenvalue weighted by molar-refractivity contribution is -0.114. The summed E-state index contributed by atoms with van der Waals surface area (Å²) in [7, 11) is 0. The van der Waals surface area contributed by atoms with Crippen molar-refractivity contribution in [3.63, 3.8) is 0 Å². The van der Waals surface area contributed by atoms with Gasteiger partial charge >= 0.3 is 0 Å². The van der Waals surface area contributed by atoms with Gasteiger partial charge in [-0.2, -0.15) is 10.1 Å². The van der Waals surface area contributed by atoms with Crippen LogP contribution in [0.4, 0.5) is 5.69 Å². The van der Waals surface area contributed by atoms with E-state index in [1.165, 1.54) is 9.69 Å². The molecule has 29 heavy (non-hydrogen) atoms. The molecule has 0 radical (unpaired) electrons. The lowest BCUT2D eigenvalue weighted by Gasteiger charge is -2.11. The van der Waals surface area contributed by atoms with E-state index in [1.54, 1.807) is 68.5 Å². The highest BCUT2D eigenvalue weighted by Crippen LogP contribution is 2.27. The van der Waals surface area contributed by atoms with Crippen molar-refractivity contribution < 1.29 is 4.79 Å². The van der Waals surface area contributed by atoms with Gasteiger partial charge in [-0.1, -0.05) is 35.3 Å². The van der Waals surface area contributed by atoms with Crippen molar-refractivity contribution in [1.29, 1.82) is 0 Å². The first-order valence-corrected chi connectivity index (χ1v) is 9.55. The molecule has 0 bridgehead atoms. The lowest BCUT2D eigenvalue weighted by atomic mass is 10.1. The van der Waals surface area contributed by atoms with E-state index < -0.39 is 0 Å². The molecule has 0 saturated heterocycles. The molecule has 2 aromatic carbocycles. The SMILES string of the molecule is CC1=NN(c2cccc(Cl)c2)C(=O)C1=Cc1c(C)[nH]n(-c2cccc(Cl)c2)c1=O. The fraction of sp³-hybridized carbons (Fsp3) is 0.0952. The largest absolute Gasteiger partial charge is 0.295 e. The summed E-state index contributed by atoms with van der Waals surface area (Å²) in [4.78, 5) is 25.9. The smallest absolute Gasteiger partial charge is 0.280 e. The maximum Gasteiger partial charge on any atom is 0.280 e. The van der Waals surface area contributed by atoms with Gasteiger partial charge in [-0.05, 0) is 56.3 Å². The molecule has 1 aliphatic rings. The number of benzene rings is 2. The van der Waals surface area contributed by atoms with Gasteiger partial charge in [0.2, 0.25) is 0 Å². The van der Waals surface area contributed by atoms with Crippen molar-refractivity contribution in [2.45, 2.75) is 13.8 Å². The first-order valence-electron chi connectivity index (χ1n) is 8.80. The Hall–Kier alpha value is -3.09. The van der Waals surface area contributed by atoms with Crippen LogP contribution in [0.3, 0.4) is 0 Å². The number of hydrogen-bond acceptors (Lipinski definition) is 3. The summed E-state index contributed by atoms with van der Waals surface area (Å²) >= 11 is 12.1. The number of amides is 1. The molecule has 6 nitrogen and oxygen atoms in total. The summed E-state index contributed by atoms with van der Waals surface area (Å²) in [5, 5.41) is 9.67. The van der Waals surface area contributed by atoms with Crippen molar-refractivity contribution in [2.75, 3.05) is 5.01 Å². The quantitative estimate of drug-likeness (QED) is 0.622. The monoisotopic (exact) mass is 426 g/mol. The molecule has 0 saturated carbocycles. The van der Waals surface area contributed by atoms with E-state index in [1.807, 2.05) is 0 Å². The molecule has 8 heteroatoms. The number of anilines is 1. The van der Waals surface area contributed by atoms with Gasteiger partial charge in [-0.15, -0.1) is 0 Å². The first-order chi connectivity index (χ1) is 13.8. The number of aryl methyl sites for hydroxylation is 1. The molecule has 0 atom stereocenters. The number of hydrogen-bond donors (Lipinski definition) is 1. The molecule has 1 N–H and O–H groups in total. The van der Waals surface area contributed by atoms with Gasteiger partial charge in [0, 0.05) is 15.7 Å². The number of aromatic nitrogens is 2. The van der Waals surface area contributed by atoms with Gasteiger partial charge in [0.1, 0.15) is 0 Å².